The van der Waals surface area contributed by atoms with E-state index in [-0.39, 0.29) is 0 Å². The topological polar surface area (TPSA) is 18.5 Å². The van der Waals surface area contributed by atoms with E-state index >= 15 is 0 Å². The minimum Gasteiger partial charge on any atom is -0.380 e. The van der Waals surface area contributed by atoms with E-state index < -0.39 is 0 Å². The number of hydrogen-bond acceptors (Lipinski definition) is 2. The van der Waals surface area contributed by atoms with E-state index in [1.165, 1.54) is 11.1 Å². The molecule has 2 rings (SSSR count). The lowest BCUT2D eigenvalue weighted by molar-refractivity contribution is 0.184. The summed E-state index contributed by atoms with van der Waals surface area (Å²) < 4.78 is 10.00. The van der Waals surface area contributed by atoms with Gasteiger partial charge in [0.1, 0.15) is 0 Å². The maximum absolute atomic E-state index is 5.02. The number of ether oxygens (including phenoxy) is 2. The highest BCUT2D eigenvalue weighted by atomic mass is 16.5. The van der Waals surface area contributed by atoms with Crippen LogP contribution in [0.1, 0.15) is 22.3 Å². The van der Waals surface area contributed by atoms with Crippen LogP contribution in [0.4, 0.5) is 0 Å². The van der Waals surface area contributed by atoms with E-state index in [9.17, 15) is 0 Å². The van der Waals surface area contributed by atoms with E-state index in [4.69, 9.17) is 9.47 Å². The van der Waals surface area contributed by atoms with Crippen LogP contribution in [0.2, 0.25) is 0 Å². The number of methoxy groups -OCH3 is 2. The van der Waals surface area contributed by atoms with E-state index in [2.05, 4.69) is 13.2 Å². The Hall–Kier alpha value is -2.16. The molecule has 0 saturated heterocycles. The van der Waals surface area contributed by atoms with Gasteiger partial charge in [-0.05, 0) is 22.3 Å². The Balaban J connectivity index is 0.000000220. The average molecular weight is 296 g/mol. The molecule has 0 spiro atoms. The molecule has 116 valence electrons. The molecule has 22 heavy (non-hydrogen) atoms. The van der Waals surface area contributed by atoms with E-state index in [1.54, 1.807) is 14.2 Å². The second-order valence-corrected chi connectivity index (χ2v) is 4.71. The summed E-state index contributed by atoms with van der Waals surface area (Å²) in [7, 11) is 3.39. The molecule has 0 saturated carbocycles. The molecule has 0 amide bonds. The summed E-state index contributed by atoms with van der Waals surface area (Å²) in [6.07, 6.45) is 3.67. The highest BCUT2D eigenvalue weighted by Crippen LogP contribution is 2.10. The van der Waals surface area contributed by atoms with Gasteiger partial charge in [-0.25, -0.2) is 0 Å². The molecule has 2 aromatic rings. The zero-order valence-corrected chi connectivity index (χ0v) is 13.4. The largest absolute Gasteiger partial charge is 0.380 e. The summed E-state index contributed by atoms with van der Waals surface area (Å²) >= 11 is 0. The van der Waals surface area contributed by atoms with Crippen LogP contribution < -0.4 is 0 Å². The van der Waals surface area contributed by atoms with Gasteiger partial charge in [-0.2, -0.15) is 0 Å². The Morgan fingerprint density at radius 3 is 2.00 bits per heavy atom. The van der Waals surface area contributed by atoms with Crippen LogP contribution in [0.15, 0.2) is 61.7 Å². The monoisotopic (exact) mass is 296 g/mol. The summed E-state index contributed by atoms with van der Waals surface area (Å²) in [5.74, 6) is 0. The van der Waals surface area contributed by atoms with Gasteiger partial charge in [-0.3, -0.25) is 0 Å². The molecule has 0 heterocycles. The normalized spacial score (nSPS) is 9.55. The predicted octanol–water partition coefficient (Wildman–Crippen LogP) is 4.95. The summed E-state index contributed by atoms with van der Waals surface area (Å²) in [5, 5.41) is 0. The van der Waals surface area contributed by atoms with Gasteiger partial charge < -0.3 is 9.47 Å². The van der Waals surface area contributed by atoms with Crippen LogP contribution in [-0.2, 0) is 22.7 Å². The smallest absolute Gasteiger partial charge is 0.0718 e. The average Bonchev–Trinajstić information content (AvgIpc) is 2.57. The number of rotatable bonds is 6. The predicted molar refractivity (Wildman–Crippen MR) is 94.5 cm³/mol. The van der Waals surface area contributed by atoms with Crippen molar-refractivity contribution in [2.45, 2.75) is 13.2 Å². The molecule has 0 N–H and O–H groups in total. The first-order valence-corrected chi connectivity index (χ1v) is 7.14. The lowest BCUT2D eigenvalue weighted by atomic mass is 10.1. The molecular formula is C20H24O2. The maximum Gasteiger partial charge on any atom is 0.0718 e. The standard InChI is InChI=1S/2C10H12O/c1-3-9-4-6-10(7-5-9)8-11-2;1-3-9-6-4-5-7-10(9)8-11-2/h2*3-7H,1,8H2,2H3. The van der Waals surface area contributed by atoms with Crippen LogP contribution >= 0.6 is 0 Å². The molecule has 0 aliphatic rings. The molecule has 0 aliphatic carbocycles. The first kappa shape index (κ1) is 17.9. The van der Waals surface area contributed by atoms with E-state index in [0.717, 1.165) is 11.1 Å². The van der Waals surface area contributed by atoms with Crippen molar-refractivity contribution in [1.82, 2.24) is 0 Å². The lowest BCUT2D eigenvalue weighted by Gasteiger charge is -2.02. The zero-order valence-electron chi connectivity index (χ0n) is 13.4. The Morgan fingerprint density at radius 1 is 0.818 bits per heavy atom. The SMILES string of the molecule is C=Cc1ccc(COC)cc1.C=Cc1ccccc1COC. The van der Waals surface area contributed by atoms with Crippen molar-refractivity contribution in [3.8, 4) is 0 Å². The van der Waals surface area contributed by atoms with Crippen molar-refractivity contribution in [1.29, 1.82) is 0 Å². The van der Waals surface area contributed by atoms with Crippen LogP contribution in [0, 0.1) is 0 Å². The highest BCUT2D eigenvalue weighted by Gasteiger charge is 1.95. The van der Waals surface area contributed by atoms with E-state index in [1.807, 2.05) is 60.7 Å². The van der Waals surface area contributed by atoms with Crippen LogP contribution in [0.25, 0.3) is 12.2 Å². The summed E-state index contributed by atoms with van der Waals surface area (Å²) in [6.45, 7) is 8.73. The van der Waals surface area contributed by atoms with Gasteiger partial charge in [0.15, 0.2) is 0 Å². The first-order valence-electron chi connectivity index (χ1n) is 7.14. The molecule has 0 fully saturated rings. The van der Waals surface area contributed by atoms with Gasteiger partial charge in [-0.1, -0.05) is 73.8 Å². The summed E-state index contributed by atoms with van der Waals surface area (Å²) in [4.78, 5) is 0. The van der Waals surface area contributed by atoms with Crippen molar-refractivity contribution in [3.63, 3.8) is 0 Å². The minimum absolute atomic E-state index is 0.655. The van der Waals surface area contributed by atoms with Crippen molar-refractivity contribution in [3.05, 3.63) is 83.9 Å². The van der Waals surface area contributed by atoms with Crippen molar-refractivity contribution >= 4 is 12.2 Å². The molecule has 0 unspecified atom stereocenters. The molecule has 2 nitrogen and oxygen atoms in total. The Bertz CT molecular complexity index is 571. The Morgan fingerprint density at radius 2 is 1.45 bits per heavy atom. The molecule has 0 radical (unpaired) electrons. The third-order valence-corrected chi connectivity index (χ3v) is 3.10. The molecule has 0 aromatic heterocycles. The van der Waals surface area contributed by atoms with E-state index in [0.29, 0.717) is 13.2 Å². The molecule has 0 atom stereocenters. The number of benzene rings is 2. The van der Waals surface area contributed by atoms with Crippen LogP contribution in [0.5, 0.6) is 0 Å². The van der Waals surface area contributed by atoms with Gasteiger partial charge in [0, 0.05) is 14.2 Å². The highest BCUT2D eigenvalue weighted by molar-refractivity contribution is 5.51. The van der Waals surface area contributed by atoms with Gasteiger partial charge in [-0.15, -0.1) is 0 Å². The number of hydrogen-bond donors (Lipinski definition) is 0. The van der Waals surface area contributed by atoms with Crippen molar-refractivity contribution in [2.75, 3.05) is 14.2 Å². The Kier molecular flexibility index (Phi) is 8.58. The zero-order chi connectivity index (χ0) is 16.2. The quantitative estimate of drug-likeness (QED) is 0.750. The first-order chi connectivity index (χ1) is 10.7. The van der Waals surface area contributed by atoms with Crippen molar-refractivity contribution in [2.24, 2.45) is 0 Å². The Labute approximate surface area is 133 Å². The van der Waals surface area contributed by atoms with Gasteiger partial charge in [0.2, 0.25) is 0 Å². The fourth-order valence-corrected chi connectivity index (χ4v) is 1.94. The molecule has 0 bridgehead atoms. The molecule has 2 aromatic carbocycles. The summed E-state index contributed by atoms with van der Waals surface area (Å²) in [6, 6.07) is 16.2. The maximum atomic E-state index is 5.02. The third kappa shape index (κ3) is 6.08. The second kappa shape index (κ2) is 10.6. The minimum atomic E-state index is 0.655. The summed E-state index contributed by atoms with van der Waals surface area (Å²) in [5.41, 5.74) is 4.67. The second-order valence-electron chi connectivity index (χ2n) is 4.71. The fourth-order valence-electron chi connectivity index (χ4n) is 1.94. The van der Waals surface area contributed by atoms with Crippen LogP contribution in [0.3, 0.4) is 0 Å². The van der Waals surface area contributed by atoms with Crippen LogP contribution in [-0.4, -0.2) is 14.2 Å². The molecule has 2 heteroatoms. The van der Waals surface area contributed by atoms with Gasteiger partial charge in [0.25, 0.3) is 0 Å². The molecule has 0 aliphatic heterocycles. The van der Waals surface area contributed by atoms with Crippen molar-refractivity contribution < 1.29 is 9.47 Å². The lowest BCUT2D eigenvalue weighted by Crippen LogP contribution is -1.89. The molecular weight excluding hydrogens is 272 g/mol. The van der Waals surface area contributed by atoms with Gasteiger partial charge in [0.05, 0.1) is 13.2 Å². The third-order valence-electron chi connectivity index (χ3n) is 3.10. The van der Waals surface area contributed by atoms with Gasteiger partial charge >= 0.3 is 0 Å². The fraction of sp³-hybridized carbons (Fsp3) is 0.200.